The lowest BCUT2D eigenvalue weighted by Gasteiger charge is -2.21. The van der Waals surface area contributed by atoms with Crippen LogP contribution in [0.5, 0.6) is 0 Å². The number of pyridine rings is 1. The van der Waals surface area contributed by atoms with Gasteiger partial charge >= 0.3 is 5.97 Å². The molecule has 1 heterocycles. The molecule has 0 radical (unpaired) electrons. The van der Waals surface area contributed by atoms with E-state index in [-0.39, 0.29) is 12.2 Å². The third kappa shape index (κ3) is 4.00. The van der Waals surface area contributed by atoms with Crippen LogP contribution in [0.25, 0.3) is 10.9 Å². The van der Waals surface area contributed by atoms with Gasteiger partial charge in [-0.3, -0.25) is 9.59 Å². The van der Waals surface area contributed by atoms with Crippen LogP contribution in [0.4, 0.5) is 0 Å². The average molecular weight is 288 g/mol. The van der Waals surface area contributed by atoms with Crippen LogP contribution >= 0.6 is 0 Å². The number of fused-ring (bicyclic) bond motifs is 1. The lowest BCUT2D eigenvalue weighted by Crippen LogP contribution is -2.42. The molecule has 2 aromatic rings. The number of aliphatic carboxylic acids is 1. The maximum atomic E-state index is 12.0. The molecule has 3 N–H and O–H groups in total. The predicted octanol–water partition coefficient (Wildman–Crippen LogP) is 1.19. The lowest BCUT2D eigenvalue weighted by molar-refractivity contribution is -0.141. The van der Waals surface area contributed by atoms with Gasteiger partial charge in [-0.2, -0.15) is 0 Å². The van der Waals surface area contributed by atoms with Crippen molar-refractivity contribution in [1.82, 2.24) is 10.3 Å². The zero-order valence-electron chi connectivity index (χ0n) is 11.5. The van der Waals surface area contributed by atoms with E-state index in [1.807, 2.05) is 18.2 Å². The monoisotopic (exact) mass is 288 g/mol. The first kappa shape index (κ1) is 14.9. The topological polar surface area (TPSA) is 99.5 Å². The first-order valence-electron chi connectivity index (χ1n) is 6.45. The van der Waals surface area contributed by atoms with Crippen LogP contribution < -0.4 is 5.32 Å². The van der Waals surface area contributed by atoms with Gasteiger partial charge in [-0.1, -0.05) is 24.3 Å². The van der Waals surface area contributed by atoms with Gasteiger partial charge in [0.15, 0.2) is 0 Å². The summed E-state index contributed by atoms with van der Waals surface area (Å²) in [5.41, 5.74) is -0.583. The van der Waals surface area contributed by atoms with Crippen LogP contribution in [0, 0.1) is 0 Å². The number of hydrogen-bond donors (Lipinski definition) is 3. The van der Waals surface area contributed by atoms with E-state index in [2.05, 4.69) is 10.3 Å². The van der Waals surface area contributed by atoms with E-state index in [1.165, 1.54) is 6.92 Å². The molecule has 1 amide bonds. The van der Waals surface area contributed by atoms with E-state index >= 15 is 0 Å². The Labute approximate surface area is 121 Å². The SMILES string of the molecule is CC(O)(CNC(=O)c1ccc2ccccc2n1)CC(=O)O. The van der Waals surface area contributed by atoms with E-state index in [0.717, 1.165) is 5.39 Å². The molecule has 6 heteroatoms. The van der Waals surface area contributed by atoms with Crippen molar-refractivity contribution in [3.05, 3.63) is 42.1 Å². The molecule has 1 aromatic carbocycles. The third-order valence-electron chi connectivity index (χ3n) is 2.99. The number of hydrogen-bond acceptors (Lipinski definition) is 4. The molecule has 0 fully saturated rings. The van der Waals surface area contributed by atoms with Gasteiger partial charge in [0.25, 0.3) is 5.91 Å². The molecule has 110 valence electrons. The number of para-hydroxylation sites is 1. The van der Waals surface area contributed by atoms with E-state index < -0.39 is 23.9 Å². The Morgan fingerprint density at radius 3 is 2.67 bits per heavy atom. The van der Waals surface area contributed by atoms with Gasteiger partial charge in [0, 0.05) is 11.9 Å². The van der Waals surface area contributed by atoms with Crippen molar-refractivity contribution in [2.24, 2.45) is 0 Å². The van der Waals surface area contributed by atoms with Crippen molar-refractivity contribution >= 4 is 22.8 Å². The number of carboxylic acids is 1. The molecule has 2 rings (SSSR count). The van der Waals surface area contributed by atoms with Crippen molar-refractivity contribution in [1.29, 1.82) is 0 Å². The Hall–Kier alpha value is -2.47. The molecule has 0 saturated carbocycles. The number of nitrogens with one attached hydrogen (secondary N) is 1. The Morgan fingerprint density at radius 2 is 1.95 bits per heavy atom. The van der Waals surface area contributed by atoms with Crippen molar-refractivity contribution < 1.29 is 19.8 Å². The van der Waals surface area contributed by atoms with Crippen LogP contribution in [-0.2, 0) is 4.79 Å². The highest BCUT2D eigenvalue weighted by molar-refractivity contribution is 5.94. The number of nitrogens with zero attached hydrogens (tertiary/aromatic N) is 1. The van der Waals surface area contributed by atoms with Crippen LogP contribution in [0.1, 0.15) is 23.8 Å². The summed E-state index contributed by atoms with van der Waals surface area (Å²) in [6.07, 6.45) is -0.446. The Morgan fingerprint density at radius 1 is 1.24 bits per heavy atom. The highest BCUT2D eigenvalue weighted by Crippen LogP contribution is 2.12. The molecule has 1 atom stereocenters. The van der Waals surface area contributed by atoms with Gasteiger partial charge in [-0.15, -0.1) is 0 Å². The molecule has 0 spiro atoms. The number of benzene rings is 1. The second-order valence-corrected chi connectivity index (χ2v) is 5.14. The highest BCUT2D eigenvalue weighted by atomic mass is 16.4. The summed E-state index contributed by atoms with van der Waals surface area (Å²) >= 11 is 0. The molecule has 0 aliphatic rings. The van der Waals surface area contributed by atoms with Crippen LogP contribution in [-0.4, -0.2) is 39.2 Å². The molecule has 21 heavy (non-hydrogen) atoms. The van der Waals surface area contributed by atoms with E-state index in [4.69, 9.17) is 5.11 Å². The molecule has 0 aliphatic carbocycles. The van der Waals surface area contributed by atoms with Crippen molar-refractivity contribution in [3.63, 3.8) is 0 Å². The Kier molecular flexibility index (Phi) is 4.18. The fourth-order valence-electron chi connectivity index (χ4n) is 1.94. The van der Waals surface area contributed by atoms with Gasteiger partial charge in [0.05, 0.1) is 17.5 Å². The molecule has 0 aliphatic heterocycles. The van der Waals surface area contributed by atoms with Gasteiger partial charge in [0.2, 0.25) is 0 Å². The Balaban J connectivity index is 2.07. The Bertz CT molecular complexity index is 682. The maximum absolute atomic E-state index is 12.0. The first-order valence-corrected chi connectivity index (χ1v) is 6.45. The molecule has 6 nitrogen and oxygen atoms in total. The zero-order valence-corrected chi connectivity index (χ0v) is 11.5. The summed E-state index contributed by atoms with van der Waals surface area (Å²) in [7, 11) is 0. The van der Waals surface area contributed by atoms with Crippen LogP contribution in [0.15, 0.2) is 36.4 Å². The fraction of sp³-hybridized carbons (Fsp3) is 0.267. The summed E-state index contributed by atoms with van der Waals surface area (Å²) in [6.45, 7) is 1.20. The number of amides is 1. The van der Waals surface area contributed by atoms with Gasteiger partial charge in [-0.25, -0.2) is 4.98 Å². The predicted molar refractivity (Wildman–Crippen MR) is 77.0 cm³/mol. The largest absolute Gasteiger partial charge is 0.481 e. The number of rotatable bonds is 5. The molecule has 0 saturated heterocycles. The van der Waals surface area contributed by atoms with Crippen molar-refractivity contribution in [2.75, 3.05) is 6.54 Å². The van der Waals surface area contributed by atoms with Crippen molar-refractivity contribution in [3.8, 4) is 0 Å². The summed E-state index contributed by atoms with van der Waals surface area (Å²) in [5.74, 6) is -1.58. The van der Waals surface area contributed by atoms with Crippen LogP contribution in [0.2, 0.25) is 0 Å². The highest BCUT2D eigenvalue weighted by Gasteiger charge is 2.25. The average Bonchev–Trinajstić information content (AvgIpc) is 2.43. The number of aliphatic hydroxyl groups is 1. The quantitative estimate of drug-likeness (QED) is 0.767. The number of aromatic nitrogens is 1. The molecular weight excluding hydrogens is 272 g/mol. The second kappa shape index (κ2) is 5.88. The second-order valence-electron chi connectivity index (χ2n) is 5.14. The maximum Gasteiger partial charge on any atom is 0.306 e. The smallest absolute Gasteiger partial charge is 0.306 e. The van der Waals surface area contributed by atoms with Gasteiger partial charge < -0.3 is 15.5 Å². The third-order valence-corrected chi connectivity index (χ3v) is 2.99. The summed E-state index contributed by atoms with van der Waals surface area (Å²) in [4.78, 5) is 26.8. The van der Waals surface area contributed by atoms with Crippen molar-refractivity contribution in [2.45, 2.75) is 18.9 Å². The number of carbonyl (C=O) groups excluding carboxylic acids is 1. The summed E-state index contributed by atoms with van der Waals surface area (Å²) in [5, 5.41) is 21.9. The lowest BCUT2D eigenvalue weighted by atomic mass is 10.0. The normalized spacial score (nSPS) is 13.6. The number of carbonyl (C=O) groups is 2. The van der Waals surface area contributed by atoms with Gasteiger partial charge in [-0.05, 0) is 19.1 Å². The zero-order chi connectivity index (χ0) is 15.5. The van der Waals surface area contributed by atoms with E-state index in [9.17, 15) is 14.7 Å². The number of carboxylic acid groups (broad SMARTS) is 1. The van der Waals surface area contributed by atoms with Crippen LogP contribution in [0.3, 0.4) is 0 Å². The van der Waals surface area contributed by atoms with E-state index in [1.54, 1.807) is 18.2 Å². The standard InChI is InChI=1S/C15H16N2O4/c1-15(21,8-13(18)19)9-16-14(20)12-7-6-10-4-2-3-5-11(10)17-12/h2-7,21H,8-9H2,1H3,(H,16,20)(H,18,19). The molecule has 0 bridgehead atoms. The molecular formula is C15H16N2O4. The molecule has 1 aromatic heterocycles. The first-order chi connectivity index (χ1) is 9.87. The van der Waals surface area contributed by atoms with E-state index in [0.29, 0.717) is 5.52 Å². The minimum atomic E-state index is -1.50. The molecule has 1 unspecified atom stereocenters. The fourth-order valence-corrected chi connectivity index (χ4v) is 1.94. The summed E-state index contributed by atoms with van der Waals surface area (Å²) < 4.78 is 0. The minimum absolute atomic E-state index is 0.160. The van der Waals surface area contributed by atoms with Gasteiger partial charge in [0.1, 0.15) is 5.69 Å². The summed E-state index contributed by atoms with van der Waals surface area (Å²) in [6, 6.07) is 10.8. The minimum Gasteiger partial charge on any atom is -0.481 e.